The normalized spacial score (nSPS) is 17.4. The highest BCUT2D eigenvalue weighted by Gasteiger charge is 2.23. The Kier molecular flexibility index (Phi) is 4.71. The maximum Gasteiger partial charge on any atom is 0.264 e. The third kappa shape index (κ3) is 3.86. The summed E-state index contributed by atoms with van der Waals surface area (Å²) in [6, 6.07) is 16.0. The van der Waals surface area contributed by atoms with Crippen LogP contribution >= 0.6 is 11.8 Å². The molecule has 1 fully saturated rings. The standard InChI is InChI=1S/C19H19N3OS/c1-13-4-8-15(9-5-13)20-19-21-18(23)17(24-19)12-14-6-10-16(11-7-14)22(2)3/h4-12H,1-3H3,(H,20,21,23)/b17-12+. The topological polar surface area (TPSA) is 44.7 Å². The molecule has 0 atom stereocenters. The first-order chi connectivity index (χ1) is 11.5. The third-order valence-electron chi connectivity index (χ3n) is 3.62. The van der Waals surface area contributed by atoms with E-state index in [1.807, 2.05) is 80.5 Å². The predicted molar refractivity (Wildman–Crippen MR) is 103 cm³/mol. The highest BCUT2D eigenvalue weighted by molar-refractivity contribution is 8.18. The second-order valence-electron chi connectivity index (χ2n) is 5.80. The number of anilines is 1. The minimum atomic E-state index is -0.109. The molecule has 5 heteroatoms. The summed E-state index contributed by atoms with van der Waals surface area (Å²) in [5.41, 5.74) is 4.14. The van der Waals surface area contributed by atoms with Crippen molar-refractivity contribution in [1.82, 2.24) is 5.32 Å². The van der Waals surface area contributed by atoms with Gasteiger partial charge in [0, 0.05) is 19.8 Å². The van der Waals surface area contributed by atoms with Gasteiger partial charge in [-0.2, -0.15) is 0 Å². The lowest BCUT2D eigenvalue weighted by atomic mass is 10.2. The zero-order chi connectivity index (χ0) is 17.1. The van der Waals surface area contributed by atoms with Crippen molar-refractivity contribution in [2.24, 2.45) is 4.99 Å². The van der Waals surface area contributed by atoms with Gasteiger partial charge in [0.1, 0.15) is 0 Å². The first kappa shape index (κ1) is 16.3. The quantitative estimate of drug-likeness (QED) is 0.863. The summed E-state index contributed by atoms with van der Waals surface area (Å²) in [4.78, 5) is 19.3. The Hall–Kier alpha value is -2.53. The summed E-state index contributed by atoms with van der Waals surface area (Å²) in [6.07, 6.45) is 1.89. The van der Waals surface area contributed by atoms with Gasteiger partial charge < -0.3 is 10.2 Å². The Morgan fingerprint density at radius 2 is 1.71 bits per heavy atom. The van der Waals surface area contributed by atoms with Gasteiger partial charge in [0.25, 0.3) is 5.91 Å². The fourth-order valence-electron chi connectivity index (χ4n) is 2.24. The third-order valence-corrected chi connectivity index (χ3v) is 4.53. The number of aryl methyl sites for hydroxylation is 1. The summed E-state index contributed by atoms with van der Waals surface area (Å²) in [5, 5.41) is 3.43. The van der Waals surface area contributed by atoms with Crippen LogP contribution in [-0.2, 0) is 4.79 Å². The highest BCUT2D eigenvalue weighted by atomic mass is 32.2. The average molecular weight is 337 g/mol. The van der Waals surface area contributed by atoms with Gasteiger partial charge in [-0.3, -0.25) is 4.79 Å². The number of hydrogen-bond acceptors (Lipinski definition) is 4. The van der Waals surface area contributed by atoms with Crippen LogP contribution in [0.25, 0.3) is 6.08 Å². The summed E-state index contributed by atoms with van der Waals surface area (Å²) < 4.78 is 0. The van der Waals surface area contributed by atoms with E-state index in [0.29, 0.717) is 10.1 Å². The lowest BCUT2D eigenvalue weighted by molar-refractivity contribution is -0.115. The molecule has 0 unspecified atom stereocenters. The number of benzene rings is 2. The first-order valence-electron chi connectivity index (χ1n) is 7.65. The SMILES string of the molecule is Cc1ccc(N=C2NC(=O)/C(=C\c3ccc(N(C)C)cc3)S2)cc1. The Morgan fingerprint density at radius 3 is 2.33 bits per heavy atom. The average Bonchev–Trinajstić information content (AvgIpc) is 2.89. The minimum absolute atomic E-state index is 0.109. The van der Waals surface area contributed by atoms with Gasteiger partial charge in [0.05, 0.1) is 10.6 Å². The minimum Gasteiger partial charge on any atom is -0.378 e. The summed E-state index contributed by atoms with van der Waals surface area (Å²) in [5.74, 6) is -0.109. The lowest BCUT2D eigenvalue weighted by Gasteiger charge is -2.11. The summed E-state index contributed by atoms with van der Waals surface area (Å²) in [6.45, 7) is 2.03. The largest absolute Gasteiger partial charge is 0.378 e. The second kappa shape index (κ2) is 6.93. The Bertz CT molecular complexity index is 806. The van der Waals surface area contributed by atoms with E-state index < -0.39 is 0 Å². The van der Waals surface area contributed by atoms with Crippen molar-refractivity contribution >= 4 is 40.3 Å². The molecule has 0 spiro atoms. The molecule has 2 aromatic carbocycles. The molecule has 1 aliphatic rings. The number of carbonyl (C=O) groups excluding carboxylic acids is 1. The van der Waals surface area contributed by atoms with E-state index in [1.54, 1.807) is 0 Å². The Labute approximate surface area is 146 Å². The van der Waals surface area contributed by atoms with Gasteiger partial charge in [0.15, 0.2) is 5.17 Å². The van der Waals surface area contributed by atoms with Crippen LogP contribution in [0, 0.1) is 6.92 Å². The number of amides is 1. The van der Waals surface area contributed by atoms with Crippen LogP contribution in [0.15, 0.2) is 58.4 Å². The van der Waals surface area contributed by atoms with Crippen LogP contribution in [0.2, 0.25) is 0 Å². The van der Waals surface area contributed by atoms with Crippen LogP contribution in [-0.4, -0.2) is 25.2 Å². The van der Waals surface area contributed by atoms with Gasteiger partial charge in [-0.25, -0.2) is 4.99 Å². The molecule has 3 rings (SSSR count). The molecule has 1 N–H and O–H groups in total. The van der Waals surface area contributed by atoms with Gasteiger partial charge >= 0.3 is 0 Å². The van der Waals surface area contributed by atoms with Crippen molar-refractivity contribution in [3.63, 3.8) is 0 Å². The molecule has 1 heterocycles. The molecule has 0 radical (unpaired) electrons. The molecule has 4 nitrogen and oxygen atoms in total. The number of aliphatic imine (C=N–C) groups is 1. The van der Waals surface area contributed by atoms with Crippen LogP contribution < -0.4 is 10.2 Å². The molecular formula is C19H19N3OS. The monoisotopic (exact) mass is 337 g/mol. The van der Waals surface area contributed by atoms with E-state index >= 15 is 0 Å². The summed E-state index contributed by atoms with van der Waals surface area (Å²) >= 11 is 1.36. The molecular weight excluding hydrogens is 318 g/mol. The van der Waals surface area contributed by atoms with Crippen LogP contribution in [0.3, 0.4) is 0 Å². The van der Waals surface area contributed by atoms with Crippen molar-refractivity contribution in [3.8, 4) is 0 Å². The molecule has 1 saturated heterocycles. The number of nitrogens with zero attached hydrogens (tertiary/aromatic N) is 2. The van der Waals surface area contributed by atoms with Crippen molar-refractivity contribution in [3.05, 3.63) is 64.6 Å². The van der Waals surface area contributed by atoms with E-state index in [9.17, 15) is 4.79 Å². The van der Waals surface area contributed by atoms with Gasteiger partial charge in [-0.05, 0) is 54.6 Å². The molecule has 0 saturated carbocycles. The zero-order valence-electron chi connectivity index (χ0n) is 13.9. The van der Waals surface area contributed by atoms with Gasteiger partial charge in [0.2, 0.25) is 0 Å². The van der Waals surface area contributed by atoms with E-state index in [-0.39, 0.29) is 5.91 Å². The number of nitrogens with one attached hydrogen (secondary N) is 1. The first-order valence-corrected chi connectivity index (χ1v) is 8.46. The van der Waals surface area contributed by atoms with Crippen molar-refractivity contribution in [2.75, 3.05) is 19.0 Å². The Morgan fingerprint density at radius 1 is 1.04 bits per heavy atom. The van der Waals surface area contributed by atoms with Gasteiger partial charge in [-0.15, -0.1) is 0 Å². The highest BCUT2D eigenvalue weighted by Crippen LogP contribution is 2.28. The van der Waals surface area contributed by atoms with Gasteiger partial charge in [-0.1, -0.05) is 29.8 Å². The fourth-order valence-corrected chi connectivity index (χ4v) is 3.08. The number of rotatable bonds is 3. The number of amidine groups is 1. The van der Waals surface area contributed by atoms with Crippen LogP contribution in [0.5, 0.6) is 0 Å². The van der Waals surface area contributed by atoms with Crippen LogP contribution in [0.1, 0.15) is 11.1 Å². The predicted octanol–water partition coefficient (Wildman–Crippen LogP) is 3.95. The lowest BCUT2D eigenvalue weighted by Crippen LogP contribution is -2.19. The second-order valence-corrected chi connectivity index (χ2v) is 6.83. The van der Waals surface area contributed by atoms with E-state index in [2.05, 4.69) is 10.3 Å². The van der Waals surface area contributed by atoms with Crippen molar-refractivity contribution < 1.29 is 4.79 Å². The molecule has 122 valence electrons. The maximum atomic E-state index is 12.1. The molecule has 2 aromatic rings. The van der Waals surface area contributed by atoms with E-state index in [1.165, 1.54) is 17.3 Å². The fraction of sp³-hybridized carbons (Fsp3) is 0.158. The zero-order valence-corrected chi connectivity index (χ0v) is 14.7. The number of carbonyl (C=O) groups is 1. The number of hydrogen-bond donors (Lipinski definition) is 1. The number of thioether (sulfide) groups is 1. The molecule has 0 bridgehead atoms. The molecule has 1 aliphatic heterocycles. The smallest absolute Gasteiger partial charge is 0.264 e. The summed E-state index contributed by atoms with van der Waals surface area (Å²) in [7, 11) is 4.00. The Balaban J connectivity index is 1.77. The van der Waals surface area contributed by atoms with E-state index in [4.69, 9.17) is 0 Å². The molecule has 0 aliphatic carbocycles. The maximum absolute atomic E-state index is 12.1. The van der Waals surface area contributed by atoms with E-state index in [0.717, 1.165) is 16.9 Å². The van der Waals surface area contributed by atoms with Crippen molar-refractivity contribution in [2.45, 2.75) is 6.92 Å². The molecule has 0 aromatic heterocycles. The molecule has 1 amide bonds. The molecule has 24 heavy (non-hydrogen) atoms. The van der Waals surface area contributed by atoms with Crippen LogP contribution in [0.4, 0.5) is 11.4 Å². The van der Waals surface area contributed by atoms with Crippen molar-refractivity contribution in [1.29, 1.82) is 0 Å².